The van der Waals surface area contributed by atoms with Crippen LogP contribution < -0.4 is 5.32 Å². The molecule has 7 nitrogen and oxygen atoms in total. The van der Waals surface area contributed by atoms with Crippen LogP contribution in [-0.2, 0) is 15.0 Å². The van der Waals surface area contributed by atoms with Gasteiger partial charge >= 0.3 is 0 Å². The number of piperazine rings is 2. The molecule has 20 heavy (non-hydrogen) atoms. The summed E-state index contributed by atoms with van der Waals surface area (Å²) >= 11 is 0. The Bertz CT molecular complexity index is 438. The van der Waals surface area contributed by atoms with Gasteiger partial charge in [0.2, 0.25) is 5.91 Å². The monoisotopic (exact) mass is 304 g/mol. The van der Waals surface area contributed by atoms with Gasteiger partial charge in [-0.25, -0.2) is 0 Å². The normalized spacial score (nSPS) is 23.2. The van der Waals surface area contributed by atoms with E-state index in [1.165, 1.54) is 8.61 Å². The van der Waals surface area contributed by atoms with Crippen molar-refractivity contribution in [2.75, 3.05) is 52.4 Å². The fourth-order valence-electron chi connectivity index (χ4n) is 2.54. The summed E-state index contributed by atoms with van der Waals surface area (Å²) in [7, 11) is -3.37. The van der Waals surface area contributed by atoms with E-state index in [4.69, 9.17) is 0 Å². The second-order valence-electron chi connectivity index (χ2n) is 5.54. The highest BCUT2D eigenvalue weighted by atomic mass is 32.2. The summed E-state index contributed by atoms with van der Waals surface area (Å²) in [6.07, 6.45) is 0. The van der Waals surface area contributed by atoms with Gasteiger partial charge in [-0.1, -0.05) is 13.8 Å². The van der Waals surface area contributed by atoms with E-state index in [1.54, 1.807) is 4.90 Å². The first kappa shape index (κ1) is 15.7. The van der Waals surface area contributed by atoms with E-state index in [-0.39, 0.29) is 11.8 Å². The van der Waals surface area contributed by atoms with Crippen LogP contribution in [0.25, 0.3) is 0 Å². The third-order valence-electron chi connectivity index (χ3n) is 3.77. The summed E-state index contributed by atoms with van der Waals surface area (Å²) in [5.74, 6) is 0.0653. The Balaban J connectivity index is 1.94. The molecule has 8 heteroatoms. The van der Waals surface area contributed by atoms with Crippen molar-refractivity contribution in [2.45, 2.75) is 13.8 Å². The quantitative estimate of drug-likeness (QED) is 0.721. The summed E-state index contributed by atoms with van der Waals surface area (Å²) in [4.78, 5) is 13.7. The van der Waals surface area contributed by atoms with E-state index in [0.29, 0.717) is 52.4 Å². The summed E-state index contributed by atoms with van der Waals surface area (Å²) in [5, 5.41) is 3.15. The number of nitrogens with zero attached hydrogens (tertiary/aromatic N) is 3. The summed E-state index contributed by atoms with van der Waals surface area (Å²) < 4.78 is 28.0. The van der Waals surface area contributed by atoms with Crippen molar-refractivity contribution in [1.82, 2.24) is 18.8 Å². The molecule has 116 valence electrons. The Kier molecular flexibility index (Phi) is 5.00. The molecule has 0 saturated carbocycles. The molecule has 2 aliphatic heterocycles. The zero-order valence-electron chi connectivity index (χ0n) is 12.2. The van der Waals surface area contributed by atoms with E-state index in [0.717, 1.165) is 0 Å². The molecule has 0 aromatic carbocycles. The zero-order valence-corrected chi connectivity index (χ0v) is 13.0. The predicted molar refractivity (Wildman–Crippen MR) is 76.4 cm³/mol. The molecule has 0 atom stereocenters. The first-order chi connectivity index (χ1) is 9.43. The highest BCUT2D eigenvalue weighted by molar-refractivity contribution is 7.86. The standard InChI is InChI=1S/C12H24N4O3S/c1-11(2)12(17)14-7-9-16(10-8-14)20(18,19)15-5-3-13-4-6-15/h11,13H,3-10H2,1-2H3. The number of hydrogen-bond acceptors (Lipinski definition) is 4. The molecule has 1 amide bonds. The molecule has 1 N–H and O–H groups in total. The predicted octanol–water partition coefficient (Wildman–Crippen LogP) is -1.06. The van der Waals surface area contributed by atoms with Crippen LogP contribution in [0.15, 0.2) is 0 Å². The number of rotatable bonds is 3. The molecule has 2 heterocycles. The summed E-state index contributed by atoms with van der Waals surface area (Å²) in [6.45, 7) is 7.94. The molecule has 0 bridgehead atoms. The average molecular weight is 304 g/mol. The Hall–Kier alpha value is -0.700. The number of nitrogens with one attached hydrogen (secondary N) is 1. The van der Waals surface area contributed by atoms with Crippen LogP contribution in [0, 0.1) is 5.92 Å². The maximum Gasteiger partial charge on any atom is 0.282 e. The first-order valence-corrected chi connectivity index (χ1v) is 8.57. The van der Waals surface area contributed by atoms with Crippen LogP contribution >= 0.6 is 0 Å². The van der Waals surface area contributed by atoms with Gasteiger partial charge in [0.25, 0.3) is 10.2 Å². The van der Waals surface area contributed by atoms with Crippen LogP contribution in [0.1, 0.15) is 13.8 Å². The molecule has 0 aromatic heterocycles. The largest absolute Gasteiger partial charge is 0.340 e. The Morgan fingerprint density at radius 1 is 0.950 bits per heavy atom. The molecule has 0 aromatic rings. The van der Waals surface area contributed by atoms with Gasteiger partial charge in [-0.15, -0.1) is 0 Å². The minimum atomic E-state index is -3.37. The molecular weight excluding hydrogens is 280 g/mol. The SMILES string of the molecule is CC(C)C(=O)N1CCN(S(=O)(=O)N2CCNCC2)CC1. The molecular formula is C12H24N4O3S. The van der Waals surface area contributed by atoms with Gasteiger partial charge in [-0.05, 0) is 0 Å². The molecule has 0 radical (unpaired) electrons. The van der Waals surface area contributed by atoms with Crippen LogP contribution in [0.4, 0.5) is 0 Å². The number of carbonyl (C=O) groups excluding carboxylic acids is 1. The van der Waals surface area contributed by atoms with Crippen molar-refractivity contribution in [3.63, 3.8) is 0 Å². The molecule has 2 fully saturated rings. The maximum atomic E-state index is 12.5. The van der Waals surface area contributed by atoms with Crippen LogP contribution in [0.5, 0.6) is 0 Å². The van der Waals surface area contributed by atoms with Crippen molar-refractivity contribution < 1.29 is 13.2 Å². The number of amides is 1. The van der Waals surface area contributed by atoms with Crippen molar-refractivity contribution in [3.05, 3.63) is 0 Å². The van der Waals surface area contributed by atoms with E-state index >= 15 is 0 Å². The molecule has 0 spiro atoms. The van der Waals surface area contributed by atoms with Crippen molar-refractivity contribution in [2.24, 2.45) is 5.92 Å². The van der Waals surface area contributed by atoms with Gasteiger partial charge in [-0.3, -0.25) is 4.79 Å². The highest BCUT2D eigenvalue weighted by Gasteiger charge is 2.34. The summed E-state index contributed by atoms with van der Waals surface area (Å²) in [6, 6.07) is 0. The lowest BCUT2D eigenvalue weighted by molar-refractivity contribution is -0.135. The van der Waals surface area contributed by atoms with Gasteiger partial charge in [0, 0.05) is 58.3 Å². The lowest BCUT2D eigenvalue weighted by Crippen LogP contribution is -2.57. The topological polar surface area (TPSA) is 73.0 Å². The van der Waals surface area contributed by atoms with Gasteiger partial charge in [-0.2, -0.15) is 17.0 Å². The Labute approximate surface area is 121 Å². The summed E-state index contributed by atoms with van der Waals surface area (Å²) in [5.41, 5.74) is 0. The minimum absolute atomic E-state index is 0.0358. The van der Waals surface area contributed by atoms with Crippen molar-refractivity contribution >= 4 is 16.1 Å². The molecule has 0 unspecified atom stereocenters. The fourth-order valence-corrected chi connectivity index (χ4v) is 4.14. The third kappa shape index (κ3) is 3.30. The number of carbonyl (C=O) groups is 1. The minimum Gasteiger partial charge on any atom is -0.340 e. The van der Waals surface area contributed by atoms with E-state index in [9.17, 15) is 13.2 Å². The van der Waals surface area contributed by atoms with Gasteiger partial charge in [0.05, 0.1) is 0 Å². The third-order valence-corrected chi connectivity index (χ3v) is 5.81. The van der Waals surface area contributed by atoms with Gasteiger partial charge in [0.15, 0.2) is 0 Å². The second-order valence-corrected chi connectivity index (χ2v) is 7.46. The van der Waals surface area contributed by atoms with Crippen LogP contribution in [0.3, 0.4) is 0 Å². The van der Waals surface area contributed by atoms with E-state index < -0.39 is 10.2 Å². The smallest absolute Gasteiger partial charge is 0.282 e. The second kappa shape index (κ2) is 6.38. The molecule has 2 rings (SSSR count). The fraction of sp³-hybridized carbons (Fsp3) is 0.917. The lowest BCUT2D eigenvalue weighted by Gasteiger charge is -2.38. The average Bonchev–Trinajstić information content (AvgIpc) is 2.47. The van der Waals surface area contributed by atoms with Gasteiger partial charge in [0.1, 0.15) is 0 Å². The van der Waals surface area contributed by atoms with E-state index in [1.807, 2.05) is 13.8 Å². The van der Waals surface area contributed by atoms with Crippen molar-refractivity contribution in [1.29, 1.82) is 0 Å². The lowest BCUT2D eigenvalue weighted by atomic mass is 10.2. The van der Waals surface area contributed by atoms with Crippen molar-refractivity contribution in [3.8, 4) is 0 Å². The molecule has 2 aliphatic rings. The Morgan fingerprint density at radius 2 is 1.45 bits per heavy atom. The first-order valence-electron chi connectivity index (χ1n) is 7.17. The van der Waals surface area contributed by atoms with Gasteiger partial charge < -0.3 is 10.2 Å². The zero-order chi connectivity index (χ0) is 14.8. The Morgan fingerprint density at radius 3 is 1.95 bits per heavy atom. The van der Waals surface area contributed by atoms with Crippen LogP contribution in [0.2, 0.25) is 0 Å². The van der Waals surface area contributed by atoms with E-state index in [2.05, 4.69) is 5.32 Å². The number of hydrogen-bond donors (Lipinski definition) is 1. The highest BCUT2D eigenvalue weighted by Crippen LogP contribution is 2.14. The van der Waals surface area contributed by atoms with Crippen LogP contribution in [-0.4, -0.2) is 80.2 Å². The molecule has 0 aliphatic carbocycles. The molecule has 2 saturated heterocycles. The maximum absolute atomic E-state index is 12.5.